The number of fused-ring (bicyclic) bond motifs is 1. The highest BCUT2D eigenvalue weighted by Crippen LogP contribution is 2.37. The summed E-state index contributed by atoms with van der Waals surface area (Å²) in [7, 11) is -3.22. The van der Waals surface area contributed by atoms with Crippen molar-refractivity contribution in [2.75, 3.05) is 16.4 Å². The van der Waals surface area contributed by atoms with Crippen LogP contribution in [-0.2, 0) is 15.6 Å². The summed E-state index contributed by atoms with van der Waals surface area (Å²) in [6.07, 6.45) is 0. The van der Waals surface area contributed by atoms with Crippen LogP contribution in [0.5, 0.6) is 0 Å². The number of halogens is 2. The average molecular weight is 500 g/mol. The van der Waals surface area contributed by atoms with Crippen LogP contribution >= 0.6 is 27.7 Å². The summed E-state index contributed by atoms with van der Waals surface area (Å²) in [6.45, 7) is 0. The van der Waals surface area contributed by atoms with Gasteiger partial charge in [0.2, 0.25) is 0 Å². The lowest BCUT2D eigenvalue weighted by atomic mass is 10.1. The van der Waals surface area contributed by atoms with E-state index in [0.717, 1.165) is 5.56 Å². The molecule has 1 saturated heterocycles. The molecule has 2 aliphatic heterocycles. The van der Waals surface area contributed by atoms with Gasteiger partial charge in [0, 0.05) is 22.4 Å². The standard InChI is InChI=1S/C18H15BrFN3O4S2/c19-12-3-6-16(14(20)7-12)22-17-10-29(26,27)9-15(17)21-18(22)28-8-11-1-4-13(5-2-11)23(24)25/h1-7,15,17H,8-10H2/t15-,17+/m1/s1. The van der Waals surface area contributed by atoms with Crippen molar-refractivity contribution < 1.29 is 17.7 Å². The molecule has 2 atom stereocenters. The van der Waals surface area contributed by atoms with Gasteiger partial charge in [-0.15, -0.1) is 0 Å². The van der Waals surface area contributed by atoms with Crippen LogP contribution in [0.2, 0.25) is 0 Å². The van der Waals surface area contributed by atoms with E-state index >= 15 is 0 Å². The van der Waals surface area contributed by atoms with Gasteiger partial charge in [0.05, 0.1) is 34.2 Å². The Kier molecular flexibility index (Phi) is 5.38. The monoisotopic (exact) mass is 499 g/mol. The van der Waals surface area contributed by atoms with E-state index in [1.165, 1.54) is 30.0 Å². The molecule has 152 valence electrons. The first-order valence-electron chi connectivity index (χ1n) is 8.62. The lowest BCUT2D eigenvalue weighted by molar-refractivity contribution is -0.384. The zero-order valence-corrected chi connectivity index (χ0v) is 18.1. The molecule has 0 N–H and O–H groups in total. The first-order chi connectivity index (χ1) is 13.7. The van der Waals surface area contributed by atoms with Crippen LogP contribution in [0.25, 0.3) is 0 Å². The van der Waals surface area contributed by atoms with Gasteiger partial charge in [-0.25, -0.2) is 12.8 Å². The van der Waals surface area contributed by atoms with Gasteiger partial charge in [-0.3, -0.25) is 15.1 Å². The summed E-state index contributed by atoms with van der Waals surface area (Å²) in [5.41, 5.74) is 1.15. The Morgan fingerprint density at radius 2 is 1.97 bits per heavy atom. The Labute approximate surface area is 179 Å². The molecule has 29 heavy (non-hydrogen) atoms. The molecule has 0 aliphatic carbocycles. The Bertz CT molecular complexity index is 1110. The lowest BCUT2D eigenvalue weighted by Gasteiger charge is -2.27. The first kappa shape index (κ1) is 20.3. The summed E-state index contributed by atoms with van der Waals surface area (Å²) in [4.78, 5) is 16.6. The van der Waals surface area contributed by atoms with Crippen LogP contribution in [-0.4, -0.2) is 42.1 Å². The number of amidine groups is 1. The molecule has 11 heteroatoms. The van der Waals surface area contributed by atoms with Crippen LogP contribution < -0.4 is 4.90 Å². The molecule has 2 aromatic carbocycles. The molecule has 2 heterocycles. The van der Waals surface area contributed by atoms with E-state index in [4.69, 9.17) is 0 Å². The van der Waals surface area contributed by atoms with Crippen molar-refractivity contribution in [2.45, 2.75) is 17.8 Å². The predicted octanol–water partition coefficient (Wildman–Crippen LogP) is 3.77. The molecule has 0 bridgehead atoms. The molecule has 0 spiro atoms. The van der Waals surface area contributed by atoms with Crippen molar-refractivity contribution in [1.29, 1.82) is 0 Å². The number of hydrogen-bond acceptors (Lipinski definition) is 7. The summed E-state index contributed by atoms with van der Waals surface area (Å²) in [6, 6.07) is 9.97. The molecule has 0 aromatic heterocycles. The number of thioether (sulfide) groups is 1. The molecule has 0 unspecified atom stereocenters. The maximum Gasteiger partial charge on any atom is 0.269 e. The number of benzene rings is 2. The summed E-state index contributed by atoms with van der Waals surface area (Å²) in [5.74, 6) is -0.114. The maximum atomic E-state index is 14.7. The topological polar surface area (TPSA) is 92.9 Å². The summed E-state index contributed by atoms with van der Waals surface area (Å²) >= 11 is 4.59. The Hall–Kier alpha value is -1.98. The molecular formula is C18H15BrFN3O4S2. The third-order valence-electron chi connectivity index (χ3n) is 4.79. The number of rotatable bonds is 4. The highest BCUT2D eigenvalue weighted by molar-refractivity contribution is 9.10. The van der Waals surface area contributed by atoms with E-state index in [0.29, 0.717) is 15.4 Å². The average Bonchev–Trinajstić information content (AvgIpc) is 3.12. The second-order valence-electron chi connectivity index (χ2n) is 6.80. The molecule has 4 rings (SSSR count). The number of nitro groups is 1. The third-order valence-corrected chi connectivity index (χ3v) is 8.02. The maximum absolute atomic E-state index is 14.7. The van der Waals surface area contributed by atoms with Crippen LogP contribution in [0.15, 0.2) is 51.9 Å². The van der Waals surface area contributed by atoms with Crippen molar-refractivity contribution in [1.82, 2.24) is 0 Å². The van der Waals surface area contributed by atoms with Crippen molar-refractivity contribution in [2.24, 2.45) is 4.99 Å². The quantitative estimate of drug-likeness (QED) is 0.469. The van der Waals surface area contributed by atoms with Gasteiger partial charge in [-0.2, -0.15) is 0 Å². The SMILES string of the molecule is O=[N+]([O-])c1ccc(CSC2=N[C@@H]3CS(=O)(=O)C[C@@H]3N2c2ccc(Br)cc2F)cc1. The normalized spacial score (nSPS) is 22.4. The number of sulfone groups is 1. The largest absolute Gasteiger partial charge is 0.312 e. The molecular weight excluding hydrogens is 485 g/mol. The number of non-ortho nitro benzene ring substituents is 1. The Morgan fingerprint density at radius 1 is 1.24 bits per heavy atom. The minimum Gasteiger partial charge on any atom is -0.312 e. The number of nitrogens with zero attached hydrogens (tertiary/aromatic N) is 3. The summed E-state index contributed by atoms with van der Waals surface area (Å²) in [5, 5.41) is 11.3. The van der Waals surface area contributed by atoms with Gasteiger partial charge in [0.1, 0.15) is 5.82 Å². The molecule has 1 fully saturated rings. The van der Waals surface area contributed by atoms with E-state index in [9.17, 15) is 22.9 Å². The van der Waals surface area contributed by atoms with Gasteiger partial charge < -0.3 is 4.90 Å². The van der Waals surface area contributed by atoms with Crippen LogP contribution in [0.1, 0.15) is 5.56 Å². The predicted molar refractivity (Wildman–Crippen MR) is 115 cm³/mol. The Morgan fingerprint density at radius 3 is 2.62 bits per heavy atom. The Balaban J connectivity index is 1.60. The fraction of sp³-hybridized carbons (Fsp3) is 0.278. The molecule has 2 aromatic rings. The molecule has 0 amide bonds. The van der Waals surface area contributed by atoms with E-state index in [1.807, 2.05) is 0 Å². The minimum absolute atomic E-state index is 0.00950. The van der Waals surface area contributed by atoms with Crippen molar-refractivity contribution in [3.63, 3.8) is 0 Å². The number of nitro benzene ring substituents is 1. The van der Waals surface area contributed by atoms with Gasteiger partial charge in [0.25, 0.3) is 5.69 Å². The van der Waals surface area contributed by atoms with E-state index in [1.54, 1.807) is 29.2 Å². The third kappa shape index (κ3) is 4.17. The lowest BCUT2D eigenvalue weighted by Crippen LogP contribution is -2.39. The fourth-order valence-corrected chi connectivity index (χ4v) is 6.70. The first-order valence-corrected chi connectivity index (χ1v) is 12.2. The van der Waals surface area contributed by atoms with E-state index in [-0.39, 0.29) is 22.9 Å². The summed E-state index contributed by atoms with van der Waals surface area (Å²) < 4.78 is 39.4. The van der Waals surface area contributed by atoms with E-state index < -0.39 is 32.7 Å². The number of aliphatic imine (C=N–C) groups is 1. The van der Waals surface area contributed by atoms with Gasteiger partial charge in [-0.05, 0) is 23.8 Å². The van der Waals surface area contributed by atoms with Crippen LogP contribution in [0.3, 0.4) is 0 Å². The molecule has 7 nitrogen and oxygen atoms in total. The van der Waals surface area contributed by atoms with Crippen LogP contribution in [0.4, 0.5) is 15.8 Å². The smallest absolute Gasteiger partial charge is 0.269 e. The molecule has 0 radical (unpaired) electrons. The second-order valence-corrected chi connectivity index (χ2v) is 10.8. The fourth-order valence-electron chi connectivity index (χ4n) is 3.45. The molecule has 2 aliphatic rings. The minimum atomic E-state index is -3.22. The highest BCUT2D eigenvalue weighted by Gasteiger charge is 2.47. The zero-order chi connectivity index (χ0) is 20.8. The van der Waals surface area contributed by atoms with E-state index in [2.05, 4.69) is 20.9 Å². The van der Waals surface area contributed by atoms with Crippen molar-refractivity contribution >= 4 is 54.1 Å². The second kappa shape index (κ2) is 7.69. The van der Waals surface area contributed by atoms with Gasteiger partial charge in [-0.1, -0.05) is 39.8 Å². The zero-order valence-electron chi connectivity index (χ0n) is 14.9. The van der Waals surface area contributed by atoms with Gasteiger partial charge in [0.15, 0.2) is 15.0 Å². The highest BCUT2D eigenvalue weighted by atomic mass is 79.9. The van der Waals surface area contributed by atoms with Crippen molar-refractivity contribution in [3.05, 3.63) is 68.4 Å². The number of anilines is 1. The number of hydrogen-bond donors (Lipinski definition) is 0. The van der Waals surface area contributed by atoms with Gasteiger partial charge >= 0.3 is 0 Å². The molecule has 0 saturated carbocycles. The van der Waals surface area contributed by atoms with Crippen LogP contribution in [0, 0.1) is 15.9 Å². The van der Waals surface area contributed by atoms with Crippen molar-refractivity contribution in [3.8, 4) is 0 Å².